The lowest BCUT2D eigenvalue weighted by Gasteiger charge is -2.18. The molecule has 1 atom stereocenters. The molecular formula is C21H22ClN5O4S. The van der Waals surface area contributed by atoms with Crippen molar-refractivity contribution in [1.82, 2.24) is 14.5 Å². The number of carboxylic acid groups (broad SMARTS) is 1. The average molecular weight is 476 g/mol. The Labute approximate surface area is 194 Å². The van der Waals surface area contributed by atoms with Gasteiger partial charge in [0.15, 0.2) is 11.5 Å². The molecule has 0 aliphatic heterocycles. The highest BCUT2D eigenvalue weighted by molar-refractivity contribution is 7.08. The number of methoxy groups -OCH3 is 2. The fraction of sp³-hybridized carbons (Fsp3) is 0.190. The molecule has 9 nitrogen and oxygen atoms in total. The summed E-state index contributed by atoms with van der Waals surface area (Å²) in [6.45, 7) is 0.284. The van der Waals surface area contributed by atoms with Crippen LogP contribution in [0, 0.1) is 0 Å². The van der Waals surface area contributed by atoms with Crippen molar-refractivity contribution in [2.24, 2.45) is 5.73 Å². The van der Waals surface area contributed by atoms with Gasteiger partial charge in [-0.1, -0.05) is 0 Å². The minimum Gasteiger partial charge on any atom is -0.493 e. The van der Waals surface area contributed by atoms with Gasteiger partial charge in [-0.15, -0.1) is 12.4 Å². The Morgan fingerprint density at radius 1 is 1.25 bits per heavy atom. The standard InChI is InChI=1S/C21H21N5O4S.ClH/c1-29-17-7-14-16(8-18(17)30-2)26(11-23-14)19-4-3-13(21(27)28)20(25-19)24-15(9-22)12-5-6-31-10-12;/h3-8,10-11,15H,9,22H2,1-2H3,(H,24,25)(H,27,28);1H. The van der Waals surface area contributed by atoms with Crippen LogP contribution in [-0.2, 0) is 0 Å². The number of imidazole rings is 1. The normalized spacial score (nSPS) is 11.6. The van der Waals surface area contributed by atoms with E-state index in [4.69, 9.17) is 15.2 Å². The fourth-order valence-corrected chi connectivity index (χ4v) is 4.02. The fourth-order valence-electron chi connectivity index (χ4n) is 3.30. The summed E-state index contributed by atoms with van der Waals surface area (Å²) in [4.78, 5) is 20.8. The molecular weight excluding hydrogens is 454 g/mol. The Morgan fingerprint density at radius 2 is 2.00 bits per heavy atom. The quantitative estimate of drug-likeness (QED) is 0.352. The van der Waals surface area contributed by atoms with E-state index in [1.165, 1.54) is 6.07 Å². The van der Waals surface area contributed by atoms with Crippen molar-refractivity contribution < 1.29 is 19.4 Å². The summed E-state index contributed by atoms with van der Waals surface area (Å²) in [5.74, 6) is 0.776. The Bertz CT molecular complexity index is 1230. The van der Waals surface area contributed by atoms with E-state index in [1.54, 1.807) is 54.6 Å². The first-order chi connectivity index (χ1) is 15.0. The van der Waals surface area contributed by atoms with Crippen molar-refractivity contribution in [2.45, 2.75) is 6.04 Å². The SMILES string of the molecule is COc1cc2ncn(-c3ccc(C(=O)O)c(NC(CN)c4ccsc4)n3)c2cc1OC.Cl. The van der Waals surface area contributed by atoms with Crippen LogP contribution in [0.2, 0.25) is 0 Å². The number of rotatable bonds is 8. The van der Waals surface area contributed by atoms with Crippen molar-refractivity contribution in [2.75, 3.05) is 26.1 Å². The molecule has 0 amide bonds. The molecule has 0 radical (unpaired) electrons. The average Bonchev–Trinajstić information content (AvgIpc) is 3.46. The Kier molecular flexibility index (Phi) is 7.18. The van der Waals surface area contributed by atoms with E-state index in [1.807, 2.05) is 16.8 Å². The van der Waals surface area contributed by atoms with E-state index < -0.39 is 5.97 Å². The molecule has 1 aromatic carbocycles. The van der Waals surface area contributed by atoms with Gasteiger partial charge in [0.25, 0.3) is 0 Å². The maximum Gasteiger partial charge on any atom is 0.339 e. The van der Waals surface area contributed by atoms with Crippen LogP contribution in [-0.4, -0.2) is 46.4 Å². The van der Waals surface area contributed by atoms with Gasteiger partial charge in [-0.05, 0) is 34.5 Å². The molecule has 168 valence electrons. The first-order valence-corrected chi connectivity index (χ1v) is 10.3. The zero-order chi connectivity index (χ0) is 22.0. The van der Waals surface area contributed by atoms with Gasteiger partial charge in [-0.3, -0.25) is 4.57 Å². The molecule has 4 rings (SSSR count). The Hall–Kier alpha value is -3.34. The second-order valence-electron chi connectivity index (χ2n) is 6.67. The molecule has 32 heavy (non-hydrogen) atoms. The Morgan fingerprint density at radius 3 is 2.62 bits per heavy atom. The van der Waals surface area contributed by atoms with Gasteiger partial charge in [-0.2, -0.15) is 11.3 Å². The summed E-state index contributed by atoms with van der Waals surface area (Å²) in [6.07, 6.45) is 1.62. The molecule has 0 aliphatic carbocycles. The summed E-state index contributed by atoms with van der Waals surface area (Å²) in [6, 6.07) is 8.40. The number of fused-ring (bicyclic) bond motifs is 1. The van der Waals surface area contributed by atoms with Crippen molar-refractivity contribution in [3.8, 4) is 17.3 Å². The maximum atomic E-state index is 11.8. The van der Waals surface area contributed by atoms with Gasteiger partial charge in [0, 0.05) is 18.7 Å². The lowest BCUT2D eigenvalue weighted by Crippen LogP contribution is -2.22. The van der Waals surface area contributed by atoms with Gasteiger partial charge >= 0.3 is 5.97 Å². The zero-order valence-corrected chi connectivity index (χ0v) is 18.9. The molecule has 0 aliphatic rings. The summed E-state index contributed by atoms with van der Waals surface area (Å²) in [5.41, 5.74) is 8.39. The predicted molar refractivity (Wildman–Crippen MR) is 126 cm³/mol. The molecule has 4 aromatic rings. The number of carboxylic acids is 1. The number of pyridine rings is 1. The van der Waals surface area contributed by atoms with E-state index in [-0.39, 0.29) is 36.4 Å². The second kappa shape index (κ2) is 9.86. The number of benzene rings is 1. The minimum atomic E-state index is -1.08. The molecule has 0 bridgehead atoms. The number of aromatic carboxylic acids is 1. The number of ether oxygens (including phenoxy) is 2. The highest BCUT2D eigenvalue weighted by Gasteiger charge is 2.19. The molecule has 0 saturated carbocycles. The number of anilines is 1. The molecule has 11 heteroatoms. The first-order valence-electron chi connectivity index (χ1n) is 9.38. The van der Waals surface area contributed by atoms with Crippen LogP contribution >= 0.6 is 23.7 Å². The zero-order valence-electron chi connectivity index (χ0n) is 17.3. The third-order valence-electron chi connectivity index (χ3n) is 4.90. The maximum absolute atomic E-state index is 11.8. The molecule has 3 heterocycles. The van der Waals surface area contributed by atoms with E-state index in [9.17, 15) is 9.90 Å². The topological polar surface area (TPSA) is 125 Å². The molecule has 0 fully saturated rings. The molecule has 1 unspecified atom stereocenters. The number of carbonyl (C=O) groups is 1. The summed E-state index contributed by atoms with van der Waals surface area (Å²) in [5, 5.41) is 16.7. The van der Waals surface area contributed by atoms with Crippen LogP contribution in [0.15, 0.2) is 47.4 Å². The van der Waals surface area contributed by atoms with E-state index in [0.717, 1.165) is 11.1 Å². The second-order valence-corrected chi connectivity index (χ2v) is 7.45. The van der Waals surface area contributed by atoms with Crippen LogP contribution in [0.1, 0.15) is 22.0 Å². The van der Waals surface area contributed by atoms with Crippen molar-refractivity contribution in [3.05, 3.63) is 58.5 Å². The number of nitrogens with two attached hydrogens (primary N) is 1. The van der Waals surface area contributed by atoms with Crippen LogP contribution in [0.25, 0.3) is 16.9 Å². The van der Waals surface area contributed by atoms with Gasteiger partial charge in [-0.25, -0.2) is 14.8 Å². The van der Waals surface area contributed by atoms with Gasteiger partial charge in [0.2, 0.25) is 0 Å². The number of aromatic nitrogens is 3. The van der Waals surface area contributed by atoms with E-state index in [0.29, 0.717) is 22.8 Å². The summed E-state index contributed by atoms with van der Waals surface area (Å²) >= 11 is 1.55. The summed E-state index contributed by atoms with van der Waals surface area (Å²) < 4.78 is 12.5. The monoisotopic (exact) mass is 475 g/mol. The lowest BCUT2D eigenvalue weighted by atomic mass is 10.1. The lowest BCUT2D eigenvalue weighted by molar-refractivity contribution is 0.0697. The molecule has 0 spiro atoms. The molecule has 3 aromatic heterocycles. The van der Waals surface area contributed by atoms with Gasteiger partial charge in [0.05, 0.1) is 31.3 Å². The summed E-state index contributed by atoms with van der Waals surface area (Å²) in [7, 11) is 3.12. The third-order valence-corrected chi connectivity index (χ3v) is 5.60. The minimum absolute atomic E-state index is 0. The van der Waals surface area contributed by atoms with Crippen LogP contribution in [0.4, 0.5) is 5.82 Å². The number of nitrogens with zero attached hydrogens (tertiary/aromatic N) is 3. The smallest absolute Gasteiger partial charge is 0.339 e. The number of thiophene rings is 1. The number of hydrogen-bond donors (Lipinski definition) is 3. The van der Waals surface area contributed by atoms with Crippen molar-refractivity contribution >= 4 is 46.6 Å². The third kappa shape index (κ3) is 4.33. The number of nitrogens with one attached hydrogen (secondary N) is 1. The molecule has 4 N–H and O–H groups in total. The number of hydrogen-bond acceptors (Lipinski definition) is 8. The largest absolute Gasteiger partial charge is 0.493 e. The highest BCUT2D eigenvalue weighted by Crippen LogP contribution is 2.33. The van der Waals surface area contributed by atoms with Crippen LogP contribution < -0.4 is 20.5 Å². The van der Waals surface area contributed by atoms with Crippen LogP contribution in [0.3, 0.4) is 0 Å². The van der Waals surface area contributed by atoms with Gasteiger partial charge < -0.3 is 25.6 Å². The predicted octanol–water partition coefficient (Wildman–Crippen LogP) is 3.73. The van der Waals surface area contributed by atoms with Crippen molar-refractivity contribution in [3.63, 3.8) is 0 Å². The Balaban J connectivity index is 0.00000289. The van der Waals surface area contributed by atoms with E-state index >= 15 is 0 Å². The highest BCUT2D eigenvalue weighted by atomic mass is 35.5. The molecule has 0 saturated heterocycles. The van der Waals surface area contributed by atoms with Crippen LogP contribution in [0.5, 0.6) is 11.5 Å². The van der Waals surface area contributed by atoms with E-state index in [2.05, 4.69) is 15.3 Å². The first kappa shape index (κ1) is 23.3. The van der Waals surface area contributed by atoms with Crippen molar-refractivity contribution in [1.29, 1.82) is 0 Å². The number of halogens is 1. The van der Waals surface area contributed by atoms with Gasteiger partial charge in [0.1, 0.15) is 23.5 Å².